The highest BCUT2D eigenvalue weighted by molar-refractivity contribution is 6.14. The predicted molar refractivity (Wildman–Crippen MR) is 487 cm³/mol. The van der Waals surface area contributed by atoms with Crippen LogP contribution in [0.25, 0.3) is 66.1 Å². The maximum Gasteiger partial charge on any atom is 0.408 e. The zero-order valence-corrected chi connectivity index (χ0v) is 75.0. The molecule has 7 amide bonds. The van der Waals surface area contributed by atoms with Gasteiger partial charge in [-0.2, -0.15) is 5.26 Å². The zero-order valence-electron chi connectivity index (χ0n) is 75.0. The van der Waals surface area contributed by atoms with Crippen molar-refractivity contribution in [3.63, 3.8) is 0 Å². The summed E-state index contributed by atoms with van der Waals surface area (Å²) in [6, 6.07) is 59.3. The molecule has 0 aliphatic rings. The Morgan fingerprint density at radius 3 is 1.10 bits per heavy atom. The number of aromatic carboxylic acids is 1. The largest absolute Gasteiger partial charge is 0.478 e. The van der Waals surface area contributed by atoms with E-state index in [9.17, 15) is 53.5 Å². The highest BCUT2D eigenvalue weighted by Gasteiger charge is 2.32. The molecule has 662 valence electrons. The minimum absolute atomic E-state index is 0.0444. The number of rotatable bonds is 20. The molecule has 0 spiro atoms. The number of nitrogens with one attached hydrogen (secondary N) is 7. The van der Waals surface area contributed by atoms with Crippen molar-refractivity contribution >= 4 is 98.2 Å². The van der Waals surface area contributed by atoms with E-state index in [2.05, 4.69) is 47.2 Å². The number of para-hydroxylation sites is 3. The molecule has 30 nitrogen and oxygen atoms in total. The molecule has 0 saturated heterocycles. The van der Waals surface area contributed by atoms with Crippen LogP contribution in [0, 0.1) is 11.3 Å². The Labute approximate surface area is 734 Å². The van der Waals surface area contributed by atoms with Crippen LogP contribution in [0.15, 0.2) is 200 Å². The SMILES string of the molecule is CC(NC(=O)OC(C)(C)C)C(=O)Cc1ccccc1.CC(NC(=O)OC(C)(C)C)c1nc2ccccc2c(C(=O)O)c1-c1ccccc1.CNC(=O)c1c(-c2ccccc2)c(C(C)NC(=O)OC(C)(C)C)nc2ccccc12.CNC(=O)c1c(-c2ccccc2)c([C@H](C)Nc2ncnc(N)c2C#N)nc2ccccc12.CON(C)C(=O)C(C)NC(=O)OC(C)(C)C. The van der Waals surface area contributed by atoms with Gasteiger partial charge < -0.3 is 67.0 Å². The van der Waals surface area contributed by atoms with E-state index >= 15 is 0 Å². The number of anilines is 2. The van der Waals surface area contributed by atoms with Crippen molar-refractivity contribution in [2.24, 2.45) is 0 Å². The summed E-state index contributed by atoms with van der Waals surface area (Å²) < 4.78 is 20.9. The number of Topliss-reactive ketones (excluding diaryl/α,β-unsaturated/α-hetero) is 1. The van der Waals surface area contributed by atoms with Crippen molar-refractivity contribution < 1.29 is 72.0 Å². The van der Waals surface area contributed by atoms with E-state index in [0.29, 0.717) is 79.1 Å². The van der Waals surface area contributed by atoms with Gasteiger partial charge in [-0.15, -0.1) is 0 Å². The molecule has 10 N–H and O–H groups in total. The number of nitriles is 1. The fourth-order valence-corrected chi connectivity index (χ4v) is 12.7. The van der Waals surface area contributed by atoms with Gasteiger partial charge in [0.05, 0.1) is 81.6 Å². The molecule has 126 heavy (non-hydrogen) atoms. The molecule has 0 radical (unpaired) electrons. The van der Waals surface area contributed by atoms with Gasteiger partial charge >= 0.3 is 30.3 Å². The molecular formula is C96H113N15O15. The van der Waals surface area contributed by atoms with E-state index in [1.807, 2.05) is 211 Å². The fraction of sp³-hybridized carbons (Fsp3) is 0.323. The Hall–Kier alpha value is -14.5. The Balaban J connectivity index is 0.000000221. The van der Waals surface area contributed by atoms with E-state index in [1.165, 1.54) is 20.5 Å². The number of hydroxylamine groups is 2. The lowest BCUT2D eigenvalue weighted by Gasteiger charge is -2.24. The quantitative estimate of drug-likeness (QED) is 0.0253. The number of aromatic nitrogens is 5. The second kappa shape index (κ2) is 44.5. The second-order valence-electron chi connectivity index (χ2n) is 32.9. The topological polar surface area (TPSA) is 422 Å². The first-order valence-corrected chi connectivity index (χ1v) is 40.6. The molecule has 0 bridgehead atoms. The molecular weight excluding hydrogens is 1600 g/mol. The summed E-state index contributed by atoms with van der Waals surface area (Å²) in [6.07, 6.45) is -0.717. The number of benzene rings is 7. The van der Waals surface area contributed by atoms with Gasteiger partial charge in [0.2, 0.25) is 0 Å². The zero-order chi connectivity index (χ0) is 93.1. The number of nitrogen functional groups attached to an aromatic ring is 1. The van der Waals surface area contributed by atoms with Gasteiger partial charge in [-0.1, -0.05) is 176 Å². The average Bonchev–Trinajstić information content (AvgIpc) is 0.759. The van der Waals surface area contributed by atoms with Crippen molar-refractivity contribution in [1.29, 1.82) is 5.26 Å². The van der Waals surface area contributed by atoms with Gasteiger partial charge in [-0.05, 0) is 158 Å². The Morgan fingerprint density at radius 2 is 0.762 bits per heavy atom. The first-order chi connectivity index (χ1) is 59.4. The van der Waals surface area contributed by atoms with Gasteiger partial charge in [-0.25, -0.2) is 54.0 Å². The molecule has 0 aliphatic carbocycles. The fourth-order valence-electron chi connectivity index (χ4n) is 12.7. The molecule has 5 atom stereocenters. The van der Waals surface area contributed by atoms with Gasteiger partial charge in [0, 0.05) is 60.4 Å². The second-order valence-corrected chi connectivity index (χ2v) is 32.9. The molecule has 0 saturated carbocycles. The number of pyridine rings is 3. The molecule has 11 rings (SSSR count). The first kappa shape index (κ1) is 98.6. The van der Waals surface area contributed by atoms with Crippen LogP contribution >= 0.6 is 0 Å². The van der Waals surface area contributed by atoms with Gasteiger partial charge in [0.25, 0.3) is 17.7 Å². The van der Waals surface area contributed by atoms with Crippen molar-refractivity contribution in [2.75, 3.05) is 39.3 Å². The van der Waals surface area contributed by atoms with Crippen LogP contribution in [0.3, 0.4) is 0 Å². The van der Waals surface area contributed by atoms with Crippen molar-refractivity contribution in [3.8, 4) is 39.4 Å². The molecule has 11 aromatic rings. The molecule has 30 heteroatoms. The third-order valence-corrected chi connectivity index (χ3v) is 18.2. The number of carboxylic acids is 1. The standard InChI is InChI=1S/C24H21N7O.C24H27N3O3.C23H24N2O4.C15H21NO3.C10H20N2O4/c1-14(30-23-17(12-25)22(26)28-13-29-23)21-19(15-8-4-3-5-9-15)20(24(32)27-2)16-10-6-7-11-18(16)31-21;1-15(26-23(29)30-24(2,3)4)21-19(16-11-7-6-8-12-16)20(22(28)25-5)17-13-9-10-14-18(17)27-21;1-14(24-22(28)29-23(2,3)4)20-18(15-10-6-5-7-11-15)19(21(26)27)16-12-8-9-13-17(16)25-20;1-11(16-14(18)19-15(2,3)4)13(17)10-12-8-6-5-7-9-12;1-7(8(13)12(5)15-6)11-9(14)16-10(2,3)4/h3-11,13-14H,1-2H3,(H,27,32)(H3,26,28,29,30);6-15H,1-5H3,(H,25,28)(H,26,29);5-14H,1-4H3,(H,24,28)(H,26,27);5-9,11H,10H2,1-4H3,(H,16,18);7H,1-6H3,(H,11,14)/t14-;;;;/m0..../s1. The van der Waals surface area contributed by atoms with Crippen LogP contribution in [0.2, 0.25) is 0 Å². The summed E-state index contributed by atoms with van der Waals surface area (Å²) in [4.78, 5) is 136. The number of nitrogens with two attached hydrogens (primary N) is 1. The van der Waals surface area contributed by atoms with Crippen LogP contribution in [0.1, 0.15) is 195 Å². The number of carboxylic acid groups (broad SMARTS) is 1. The summed E-state index contributed by atoms with van der Waals surface area (Å²) in [5, 5.41) is 41.9. The molecule has 4 unspecified atom stereocenters. The Bertz CT molecular complexity index is 5690. The van der Waals surface area contributed by atoms with Crippen LogP contribution < -0.4 is 43.0 Å². The van der Waals surface area contributed by atoms with Gasteiger partial charge in [0.15, 0.2) is 5.78 Å². The molecule has 0 aliphatic heterocycles. The maximum atomic E-state index is 13.1. The highest BCUT2D eigenvalue weighted by Crippen LogP contribution is 2.40. The lowest BCUT2D eigenvalue weighted by Crippen LogP contribution is -2.46. The lowest BCUT2D eigenvalue weighted by atomic mass is 9.91. The van der Waals surface area contributed by atoms with E-state index in [0.717, 1.165) is 38.1 Å². The number of likely N-dealkylation sites (N-methyl/N-ethyl adjacent to an activating group) is 1. The summed E-state index contributed by atoms with van der Waals surface area (Å²) in [5.41, 5.74) is 13.7. The molecule has 0 fully saturated rings. The molecule has 7 aromatic carbocycles. The lowest BCUT2D eigenvalue weighted by molar-refractivity contribution is -0.170. The Morgan fingerprint density at radius 1 is 0.444 bits per heavy atom. The van der Waals surface area contributed by atoms with Gasteiger partial charge in [-0.3, -0.25) is 24.0 Å². The van der Waals surface area contributed by atoms with Gasteiger partial charge in [0.1, 0.15) is 58.0 Å². The number of ketones is 1. The maximum absolute atomic E-state index is 13.1. The van der Waals surface area contributed by atoms with Crippen LogP contribution in [-0.2, 0) is 39.8 Å². The molecule has 4 aromatic heterocycles. The summed E-state index contributed by atoms with van der Waals surface area (Å²) in [7, 11) is 6.05. The monoisotopic (exact) mass is 1720 g/mol. The third-order valence-electron chi connectivity index (χ3n) is 18.2. The normalized spacial score (nSPS) is 12.3. The summed E-state index contributed by atoms with van der Waals surface area (Å²) in [6.45, 7) is 30.1. The minimum Gasteiger partial charge on any atom is -0.478 e. The van der Waals surface area contributed by atoms with Crippen molar-refractivity contribution in [2.45, 2.75) is 177 Å². The van der Waals surface area contributed by atoms with E-state index < -0.39 is 83.0 Å². The predicted octanol–water partition coefficient (Wildman–Crippen LogP) is 17.3. The summed E-state index contributed by atoms with van der Waals surface area (Å²) in [5.74, 6) is -1.46. The van der Waals surface area contributed by atoms with Crippen LogP contribution in [-0.4, -0.2) is 152 Å². The number of hydrogen-bond donors (Lipinski definition) is 9. The van der Waals surface area contributed by atoms with Crippen molar-refractivity contribution in [1.82, 2.24) is 61.9 Å². The Kier molecular flexibility index (Phi) is 34.9. The number of nitrogens with zero attached hydrogens (tertiary/aromatic N) is 7. The third kappa shape index (κ3) is 28.6. The number of hydrogen-bond acceptors (Lipinski definition) is 22. The van der Waals surface area contributed by atoms with E-state index in [4.69, 9.17) is 44.5 Å². The van der Waals surface area contributed by atoms with Crippen LogP contribution in [0.4, 0.5) is 30.8 Å². The van der Waals surface area contributed by atoms with Crippen molar-refractivity contribution in [3.05, 3.63) is 245 Å². The highest BCUT2D eigenvalue weighted by atomic mass is 16.7. The first-order valence-electron chi connectivity index (χ1n) is 40.6. The smallest absolute Gasteiger partial charge is 0.408 e. The molecule has 4 heterocycles. The van der Waals surface area contributed by atoms with E-state index in [1.54, 1.807) is 121 Å². The van der Waals surface area contributed by atoms with E-state index in [-0.39, 0.29) is 40.4 Å². The minimum atomic E-state index is -1.05. The number of alkyl carbamates (subject to hydrolysis) is 4. The summed E-state index contributed by atoms with van der Waals surface area (Å²) >= 11 is 0. The number of fused-ring (bicyclic) bond motifs is 3. The van der Waals surface area contributed by atoms with Crippen LogP contribution in [0.5, 0.6) is 0 Å². The number of ether oxygens (including phenoxy) is 4. The number of carbonyl (C=O) groups is 9. The average molecular weight is 1720 g/mol. The number of amides is 7. The number of carbonyl (C=O) groups excluding carboxylic acids is 8.